The van der Waals surface area contributed by atoms with Crippen molar-refractivity contribution in [2.75, 3.05) is 31.1 Å². The van der Waals surface area contributed by atoms with Gasteiger partial charge < -0.3 is 14.5 Å². The van der Waals surface area contributed by atoms with Crippen LogP contribution >= 0.6 is 11.6 Å². The summed E-state index contributed by atoms with van der Waals surface area (Å²) in [6.07, 6.45) is 1.26. The molecular weight excluding hydrogens is 338 g/mol. The lowest BCUT2D eigenvalue weighted by Gasteiger charge is -2.36. The Labute approximate surface area is 153 Å². The molecule has 2 aromatic rings. The van der Waals surface area contributed by atoms with Gasteiger partial charge in [0.1, 0.15) is 11.6 Å². The Balaban J connectivity index is 1.55. The van der Waals surface area contributed by atoms with Gasteiger partial charge in [-0.2, -0.15) is 0 Å². The minimum atomic E-state index is -0.526. The first kappa shape index (κ1) is 17.5. The van der Waals surface area contributed by atoms with Crippen LogP contribution in [-0.2, 0) is 4.79 Å². The molecule has 1 aromatic heterocycles. The number of pyridine rings is 1. The Bertz CT molecular complexity index is 731. The van der Waals surface area contributed by atoms with E-state index in [0.717, 1.165) is 24.5 Å². The van der Waals surface area contributed by atoms with Crippen molar-refractivity contribution in [2.45, 2.75) is 20.0 Å². The summed E-state index contributed by atoms with van der Waals surface area (Å²) in [4.78, 5) is 21.1. The Morgan fingerprint density at radius 2 is 1.96 bits per heavy atom. The second kappa shape index (κ2) is 7.74. The maximum atomic E-state index is 12.6. The summed E-state index contributed by atoms with van der Waals surface area (Å²) in [7, 11) is 0. The maximum absolute atomic E-state index is 12.6. The molecule has 1 aromatic carbocycles. The van der Waals surface area contributed by atoms with Gasteiger partial charge in [-0.1, -0.05) is 17.7 Å². The number of nitrogens with zero attached hydrogens (tertiary/aromatic N) is 3. The zero-order chi connectivity index (χ0) is 17.8. The molecule has 3 rings (SSSR count). The average Bonchev–Trinajstić information content (AvgIpc) is 2.65. The first-order chi connectivity index (χ1) is 12.0. The molecule has 1 saturated heterocycles. The van der Waals surface area contributed by atoms with E-state index in [-0.39, 0.29) is 5.91 Å². The van der Waals surface area contributed by atoms with Crippen LogP contribution in [-0.4, -0.2) is 48.1 Å². The van der Waals surface area contributed by atoms with E-state index in [1.807, 2.05) is 36.1 Å². The minimum absolute atomic E-state index is 0.00766. The van der Waals surface area contributed by atoms with Crippen molar-refractivity contribution >= 4 is 23.3 Å². The smallest absolute Gasteiger partial charge is 0.263 e. The summed E-state index contributed by atoms with van der Waals surface area (Å²) in [5, 5.41) is 0.692. The third-order valence-corrected chi connectivity index (χ3v) is 4.78. The summed E-state index contributed by atoms with van der Waals surface area (Å²) in [6.45, 7) is 6.59. The Morgan fingerprint density at radius 3 is 2.60 bits per heavy atom. The first-order valence-electron chi connectivity index (χ1n) is 8.42. The Morgan fingerprint density at radius 1 is 1.20 bits per heavy atom. The second-order valence-corrected chi connectivity index (χ2v) is 6.58. The number of ether oxygens (including phenoxy) is 1. The van der Waals surface area contributed by atoms with Crippen molar-refractivity contribution < 1.29 is 9.53 Å². The van der Waals surface area contributed by atoms with Gasteiger partial charge in [-0.25, -0.2) is 4.98 Å². The van der Waals surface area contributed by atoms with Gasteiger partial charge in [-0.15, -0.1) is 0 Å². The zero-order valence-electron chi connectivity index (χ0n) is 14.5. The first-order valence-corrected chi connectivity index (χ1v) is 8.80. The van der Waals surface area contributed by atoms with Gasteiger partial charge >= 0.3 is 0 Å². The molecule has 0 radical (unpaired) electrons. The maximum Gasteiger partial charge on any atom is 0.263 e. The lowest BCUT2D eigenvalue weighted by Crippen LogP contribution is -2.52. The second-order valence-electron chi connectivity index (χ2n) is 6.17. The average molecular weight is 360 g/mol. The van der Waals surface area contributed by atoms with E-state index in [1.165, 1.54) is 0 Å². The van der Waals surface area contributed by atoms with Crippen molar-refractivity contribution in [2.24, 2.45) is 0 Å². The topological polar surface area (TPSA) is 45.7 Å². The molecule has 1 aliphatic rings. The van der Waals surface area contributed by atoms with E-state index in [1.54, 1.807) is 25.3 Å². The lowest BCUT2D eigenvalue weighted by molar-refractivity contribution is -0.138. The van der Waals surface area contributed by atoms with Crippen LogP contribution in [0.5, 0.6) is 5.75 Å². The van der Waals surface area contributed by atoms with Gasteiger partial charge in [0.05, 0.1) is 0 Å². The quantitative estimate of drug-likeness (QED) is 0.841. The molecule has 1 amide bonds. The van der Waals surface area contributed by atoms with E-state index >= 15 is 0 Å². The van der Waals surface area contributed by atoms with Crippen LogP contribution in [0.25, 0.3) is 0 Å². The normalized spacial score (nSPS) is 15.8. The third kappa shape index (κ3) is 4.23. The molecule has 0 N–H and O–H groups in total. The van der Waals surface area contributed by atoms with Crippen molar-refractivity contribution in [1.29, 1.82) is 0 Å². The number of halogens is 1. The minimum Gasteiger partial charge on any atom is -0.481 e. The molecule has 1 fully saturated rings. The summed E-state index contributed by atoms with van der Waals surface area (Å²) < 4.78 is 5.80. The number of hydrogen-bond acceptors (Lipinski definition) is 4. The van der Waals surface area contributed by atoms with Gasteiger partial charge in [0.25, 0.3) is 5.91 Å². The van der Waals surface area contributed by atoms with E-state index < -0.39 is 6.10 Å². The van der Waals surface area contributed by atoms with Crippen molar-refractivity contribution in [3.8, 4) is 5.75 Å². The number of aromatic nitrogens is 1. The van der Waals surface area contributed by atoms with Crippen LogP contribution < -0.4 is 9.64 Å². The largest absolute Gasteiger partial charge is 0.481 e. The number of carbonyl (C=O) groups excluding carboxylic acids is 1. The fourth-order valence-corrected chi connectivity index (χ4v) is 3.02. The highest BCUT2D eigenvalue weighted by Gasteiger charge is 2.26. The molecule has 0 saturated carbocycles. The van der Waals surface area contributed by atoms with Crippen LogP contribution in [0.1, 0.15) is 12.5 Å². The fourth-order valence-electron chi connectivity index (χ4n) is 2.90. The van der Waals surface area contributed by atoms with Gasteiger partial charge in [-0.05, 0) is 49.7 Å². The highest BCUT2D eigenvalue weighted by Crippen LogP contribution is 2.22. The van der Waals surface area contributed by atoms with E-state index in [0.29, 0.717) is 23.9 Å². The van der Waals surface area contributed by atoms with Crippen LogP contribution in [0, 0.1) is 6.92 Å². The molecule has 0 unspecified atom stereocenters. The molecule has 2 heterocycles. The van der Waals surface area contributed by atoms with Crippen LogP contribution in [0.3, 0.4) is 0 Å². The molecule has 25 heavy (non-hydrogen) atoms. The summed E-state index contributed by atoms with van der Waals surface area (Å²) in [5.74, 6) is 1.62. The number of carbonyl (C=O) groups is 1. The fraction of sp³-hybridized carbons (Fsp3) is 0.368. The van der Waals surface area contributed by atoms with E-state index in [9.17, 15) is 4.79 Å². The number of piperazine rings is 1. The molecule has 0 aliphatic carbocycles. The number of rotatable bonds is 4. The standard InChI is InChI=1S/C19H22ClN3O2/c1-14-13-16(6-7-17(14)20)25-15(2)19(24)23-11-9-22(10-12-23)18-5-3-4-8-21-18/h3-8,13,15H,9-12H2,1-2H3/t15-/m1/s1. The van der Waals surface area contributed by atoms with Gasteiger partial charge in [0.2, 0.25) is 0 Å². The molecule has 132 valence electrons. The van der Waals surface area contributed by atoms with Crippen molar-refractivity contribution in [3.63, 3.8) is 0 Å². The SMILES string of the molecule is Cc1cc(O[C@H](C)C(=O)N2CCN(c3ccccn3)CC2)ccc1Cl. The number of amides is 1. The number of benzene rings is 1. The molecule has 0 spiro atoms. The van der Waals surface area contributed by atoms with Crippen LogP contribution in [0.2, 0.25) is 5.02 Å². The monoisotopic (exact) mass is 359 g/mol. The van der Waals surface area contributed by atoms with Crippen LogP contribution in [0.4, 0.5) is 5.82 Å². The Hall–Kier alpha value is -2.27. The highest BCUT2D eigenvalue weighted by molar-refractivity contribution is 6.31. The summed E-state index contributed by atoms with van der Waals surface area (Å²) >= 11 is 6.03. The molecular formula is C19H22ClN3O2. The lowest BCUT2D eigenvalue weighted by atomic mass is 10.2. The molecule has 5 nitrogen and oxygen atoms in total. The molecule has 6 heteroatoms. The van der Waals surface area contributed by atoms with Crippen molar-refractivity contribution in [1.82, 2.24) is 9.88 Å². The summed E-state index contributed by atoms with van der Waals surface area (Å²) in [6, 6.07) is 11.3. The number of aryl methyl sites for hydroxylation is 1. The predicted octanol–water partition coefficient (Wildman–Crippen LogP) is 3.16. The molecule has 1 aliphatic heterocycles. The third-order valence-electron chi connectivity index (χ3n) is 4.35. The highest BCUT2D eigenvalue weighted by atomic mass is 35.5. The number of anilines is 1. The van der Waals surface area contributed by atoms with Gasteiger partial charge in [0.15, 0.2) is 6.10 Å². The van der Waals surface area contributed by atoms with E-state index in [2.05, 4.69) is 9.88 Å². The van der Waals surface area contributed by atoms with Crippen LogP contribution in [0.15, 0.2) is 42.6 Å². The predicted molar refractivity (Wildman–Crippen MR) is 99.3 cm³/mol. The molecule has 0 bridgehead atoms. The van der Waals surface area contributed by atoms with Gasteiger partial charge in [0, 0.05) is 37.4 Å². The number of hydrogen-bond donors (Lipinski definition) is 0. The van der Waals surface area contributed by atoms with E-state index in [4.69, 9.17) is 16.3 Å². The molecule has 1 atom stereocenters. The van der Waals surface area contributed by atoms with Crippen molar-refractivity contribution in [3.05, 3.63) is 53.2 Å². The zero-order valence-corrected chi connectivity index (χ0v) is 15.2. The Kier molecular flexibility index (Phi) is 5.43. The van der Waals surface area contributed by atoms with Gasteiger partial charge in [-0.3, -0.25) is 4.79 Å². The summed E-state index contributed by atoms with van der Waals surface area (Å²) in [5.41, 5.74) is 0.933.